The van der Waals surface area contributed by atoms with E-state index in [-0.39, 0.29) is 11.2 Å². The van der Waals surface area contributed by atoms with Crippen LogP contribution in [0.3, 0.4) is 0 Å². The van der Waals surface area contributed by atoms with E-state index in [1.165, 1.54) is 17.3 Å². The molecule has 3 rings (SSSR count). The molecule has 0 spiro atoms. The largest absolute Gasteiger partial charge is 0.411 e. The van der Waals surface area contributed by atoms with Gasteiger partial charge in [-0.05, 0) is 43.2 Å². The standard InChI is InChI=1S/C18H18N4O2S/c1-3-13-5-4-6-15(11-13)20-16(23)12(2)25-18-22-21-17(24-18)14-7-9-19-10-8-14/h4-12H,3H2,1-2H3,(H,20,23)/t12-/m1/s1. The monoisotopic (exact) mass is 354 g/mol. The summed E-state index contributed by atoms with van der Waals surface area (Å²) in [7, 11) is 0. The minimum atomic E-state index is -0.365. The van der Waals surface area contributed by atoms with Crippen LogP contribution in [-0.4, -0.2) is 26.3 Å². The number of thioether (sulfide) groups is 1. The summed E-state index contributed by atoms with van der Waals surface area (Å²) in [5, 5.41) is 10.9. The number of rotatable bonds is 6. The molecule has 0 aliphatic heterocycles. The lowest BCUT2D eigenvalue weighted by Crippen LogP contribution is -2.22. The maximum atomic E-state index is 12.4. The number of amides is 1. The number of hydrogen-bond acceptors (Lipinski definition) is 6. The SMILES string of the molecule is CCc1cccc(NC(=O)[C@@H](C)Sc2nnc(-c3ccncc3)o2)c1. The van der Waals surface area contributed by atoms with Crippen LogP contribution < -0.4 is 5.32 Å². The molecule has 3 aromatic rings. The Morgan fingerprint density at radius 1 is 1.24 bits per heavy atom. The second kappa shape index (κ2) is 7.94. The van der Waals surface area contributed by atoms with Gasteiger partial charge < -0.3 is 9.73 Å². The molecular formula is C18H18N4O2S. The minimum Gasteiger partial charge on any atom is -0.411 e. The van der Waals surface area contributed by atoms with E-state index >= 15 is 0 Å². The van der Waals surface area contributed by atoms with Gasteiger partial charge in [0.15, 0.2) is 0 Å². The Hall–Kier alpha value is -2.67. The molecule has 1 aromatic carbocycles. The second-order valence-corrected chi connectivity index (χ2v) is 6.70. The van der Waals surface area contributed by atoms with Crippen molar-refractivity contribution in [2.45, 2.75) is 30.7 Å². The highest BCUT2D eigenvalue weighted by Crippen LogP contribution is 2.26. The lowest BCUT2D eigenvalue weighted by Gasteiger charge is -2.10. The third-order valence-electron chi connectivity index (χ3n) is 3.58. The number of nitrogens with one attached hydrogen (secondary N) is 1. The lowest BCUT2D eigenvalue weighted by atomic mass is 10.1. The number of pyridine rings is 1. The van der Waals surface area contributed by atoms with Crippen molar-refractivity contribution in [2.24, 2.45) is 0 Å². The summed E-state index contributed by atoms with van der Waals surface area (Å²) in [6, 6.07) is 11.4. The maximum absolute atomic E-state index is 12.4. The number of nitrogens with zero attached hydrogens (tertiary/aromatic N) is 3. The van der Waals surface area contributed by atoms with Crippen LogP contribution in [0.4, 0.5) is 5.69 Å². The Kier molecular flexibility index (Phi) is 5.45. The van der Waals surface area contributed by atoms with E-state index < -0.39 is 0 Å². The van der Waals surface area contributed by atoms with Gasteiger partial charge in [-0.15, -0.1) is 10.2 Å². The van der Waals surface area contributed by atoms with Gasteiger partial charge in [-0.1, -0.05) is 30.8 Å². The van der Waals surface area contributed by atoms with Crippen molar-refractivity contribution in [1.82, 2.24) is 15.2 Å². The van der Waals surface area contributed by atoms with Crippen LogP contribution in [0.5, 0.6) is 0 Å². The molecule has 0 unspecified atom stereocenters. The Balaban J connectivity index is 1.62. The van der Waals surface area contributed by atoms with Crippen LogP contribution in [-0.2, 0) is 11.2 Å². The molecule has 25 heavy (non-hydrogen) atoms. The normalized spacial score (nSPS) is 11.9. The van der Waals surface area contributed by atoms with Gasteiger partial charge >= 0.3 is 0 Å². The first-order valence-corrected chi connectivity index (χ1v) is 8.84. The fourth-order valence-corrected chi connectivity index (χ4v) is 2.87. The molecular weight excluding hydrogens is 336 g/mol. The van der Waals surface area contributed by atoms with Crippen molar-refractivity contribution in [2.75, 3.05) is 5.32 Å². The van der Waals surface area contributed by atoms with Gasteiger partial charge in [0.25, 0.3) is 5.22 Å². The quantitative estimate of drug-likeness (QED) is 0.678. The summed E-state index contributed by atoms with van der Waals surface area (Å²) in [5.41, 5.74) is 2.76. The smallest absolute Gasteiger partial charge is 0.277 e. The second-order valence-electron chi connectivity index (χ2n) is 5.41. The molecule has 0 saturated carbocycles. The first-order valence-electron chi connectivity index (χ1n) is 7.96. The third kappa shape index (κ3) is 4.45. The number of carbonyl (C=O) groups excluding carboxylic acids is 1. The van der Waals surface area contributed by atoms with Crippen molar-refractivity contribution in [3.05, 3.63) is 54.4 Å². The highest BCUT2D eigenvalue weighted by atomic mass is 32.2. The molecule has 0 radical (unpaired) electrons. The lowest BCUT2D eigenvalue weighted by molar-refractivity contribution is -0.115. The van der Waals surface area contributed by atoms with Crippen molar-refractivity contribution >= 4 is 23.4 Å². The third-order valence-corrected chi connectivity index (χ3v) is 4.52. The van der Waals surface area contributed by atoms with Gasteiger partial charge in [0.1, 0.15) is 0 Å². The summed E-state index contributed by atoms with van der Waals surface area (Å²) in [4.78, 5) is 16.3. The van der Waals surface area contributed by atoms with E-state index in [0.717, 1.165) is 17.7 Å². The summed E-state index contributed by atoms with van der Waals surface area (Å²) in [5.74, 6) is 0.301. The summed E-state index contributed by atoms with van der Waals surface area (Å²) < 4.78 is 5.61. The fraction of sp³-hybridized carbons (Fsp3) is 0.222. The molecule has 2 heterocycles. The van der Waals surface area contributed by atoms with Gasteiger partial charge in [0, 0.05) is 23.6 Å². The van der Waals surface area contributed by atoms with Crippen LogP contribution in [0.2, 0.25) is 0 Å². The molecule has 6 nitrogen and oxygen atoms in total. The number of hydrogen-bond donors (Lipinski definition) is 1. The predicted molar refractivity (Wildman–Crippen MR) is 97.3 cm³/mol. The number of benzene rings is 1. The van der Waals surface area contributed by atoms with E-state index in [1.807, 2.05) is 24.3 Å². The highest BCUT2D eigenvalue weighted by molar-refractivity contribution is 8.00. The molecule has 0 aliphatic carbocycles. The zero-order valence-corrected chi connectivity index (χ0v) is 14.8. The molecule has 0 saturated heterocycles. The topological polar surface area (TPSA) is 80.9 Å². The number of carbonyl (C=O) groups is 1. The Labute approximate surface area is 150 Å². The van der Waals surface area contributed by atoms with Crippen molar-refractivity contribution < 1.29 is 9.21 Å². The van der Waals surface area contributed by atoms with Crippen LogP contribution in [0.1, 0.15) is 19.4 Å². The van der Waals surface area contributed by atoms with Gasteiger partial charge in [-0.2, -0.15) is 0 Å². The highest BCUT2D eigenvalue weighted by Gasteiger charge is 2.19. The average molecular weight is 354 g/mol. The fourth-order valence-electron chi connectivity index (χ4n) is 2.19. The molecule has 0 aliphatic rings. The predicted octanol–water partition coefficient (Wildman–Crippen LogP) is 3.81. The van der Waals surface area contributed by atoms with E-state index in [2.05, 4.69) is 27.4 Å². The molecule has 1 N–H and O–H groups in total. The summed E-state index contributed by atoms with van der Waals surface area (Å²) in [6.45, 7) is 3.88. The zero-order valence-electron chi connectivity index (χ0n) is 14.0. The van der Waals surface area contributed by atoms with Crippen molar-refractivity contribution in [3.8, 4) is 11.5 Å². The van der Waals surface area contributed by atoms with Crippen LogP contribution in [0.25, 0.3) is 11.5 Å². The molecule has 0 fully saturated rings. The number of anilines is 1. The summed E-state index contributed by atoms with van der Waals surface area (Å²) in [6.07, 6.45) is 4.24. The minimum absolute atomic E-state index is 0.109. The molecule has 7 heteroatoms. The molecule has 1 atom stereocenters. The van der Waals surface area contributed by atoms with Crippen molar-refractivity contribution in [1.29, 1.82) is 0 Å². The number of aryl methyl sites for hydroxylation is 1. The average Bonchev–Trinajstić information content (AvgIpc) is 3.11. The van der Waals surface area contributed by atoms with Gasteiger partial charge in [0.2, 0.25) is 11.8 Å². The van der Waals surface area contributed by atoms with E-state index in [9.17, 15) is 4.79 Å². The summed E-state index contributed by atoms with van der Waals surface area (Å²) >= 11 is 1.23. The van der Waals surface area contributed by atoms with Crippen molar-refractivity contribution in [3.63, 3.8) is 0 Å². The first kappa shape index (κ1) is 17.2. The number of aromatic nitrogens is 3. The van der Waals surface area contributed by atoms with Gasteiger partial charge in [-0.3, -0.25) is 9.78 Å². The maximum Gasteiger partial charge on any atom is 0.277 e. The Bertz CT molecular complexity index is 851. The van der Waals surface area contributed by atoms with Crippen LogP contribution in [0, 0.1) is 0 Å². The Morgan fingerprint density at radius 3 is 2.80 bits per heavy atom. The molecule has 0 bridgehead atoms. The molecule has 128 valence electrons. The first-order chi connectivity index (χ1) is 12.2. The Morgan fingerprint density at radius 2 is 2.04 bits per heavy atom. The van der Waals surface area contributed by atoms with E-state index in [1.54, 1.807) is 31.5 Å². The van der Waals surface area contributed by atoms with E-state index in [4.69, 9.17) is 4.42 Å². The molecule has 1 amide bonds. The zero-order chi connectivity index (χ0) is 17.6. The van der Waals surface area contributed by atoms with Gasteiger partial charge in [0.05, 0.1) is 5.25 Å². The van der Waals surface area contributed by atoms with E-state index in [0.29, 0.717) is 11.1 Å². The molecule has 2 aromatic heterocycles. The van der Waals surface area contributed by atoms with Crippen LogP contribution >= 0.6 is 11.8 Å². The van der Waals surface area contributed by atoms with Crippen LogP contribution in [0.15, 0.2) is 58.4 Å². The van der Waals surface area contributed by atoms with Gasteiger partial charge in [-0.25, -0.2) is 0 Å².